The smallest absolute Gasteiger partial charge is 0.286 e. The van der Waals surface area contributed by atoms with Gasteiger partial charge in [-0.1, -0.05) is 13.8 Å². The number of aliphatic hydroxyl groups excluding tert-OH is 1. The van der Waals surface area contributed by atoms with Crippen LogP contribution in [0.3, 0.4) is 0 Å². The number of carbonyl (C=O) groups excluding carboxylic acids is 1. The summed E-state index contributed by atoms with van der Waals surface area (Å²) in [7, 11) is 0. The lowest BCUT2D eigenvalue weighted by Gasteiger charge is -2.31. The maximum absolute atomic E-state index is 11.7. The zero-order valence-electron chi connectivity index (χ0n) is 10.5. The van der Waals surface area contributed by atoms with Crippen molar-refractivity contribution in [3.8, 4) is 0 Å². The molecule has 0 saturated carbocycles. The Morgan fingerprint density at radius 2 is 2.18 bits per heavy atom. The Kier molecular flexibility index (Phi) is 5.22. The molecule has 96 valence electrons. The number of carbonyl (C=O) groups is 1. The molecule has 17 heavy (non-hydrogen) atoms. The largest absolute Gasteiger partial charge is 0.459 e. The molecule has 0 atom stereocenters. The summed E-state index contributed by atoms with van der Waals surface area (Å²) < 4.78 is 5.03. The van der Waals surface area contributed by atoms with Crippen molar-refractivity contribution in [1.29, 1.82) is 0 Å². The first-order chi connectivity index (χ1) is 8.17. The third-order valence-electron chi connectivity index (χ3n) is 3.51. The van der Waals surface area contributed by atoms with E-state index < -0.39 is 0 Å². The Labute approximate surface area is 102 Å². The first-order valence-electron chi connectivity index (χ1n) is 6.10. The van der Waals surface area contributed by atoms with Gasteiger partial charge in [-0.15, -0.1) is 0 Å². The zero-order valence-corrected chi connectivity index (χ0v) is 10.5. The van der Waals surface area contributed by atoms with Crippen LogP contribution in [0.4, 0.5) is 0 Å². The number of nitrogens with one attached hydrogen (secondary N) is 1. The number of aliphatic hydroxyl groups is 1. The molecule has 1 aromatic heterocycles. The first kappa shape index (κ1) is 13.8. The van der Waals surface area contributed by atoms with Gasteiger partial charge in [0.05, 0.1) is 6.26 Å². The molecule has 1 aromatic rings. The summed E-state index contributed by atoms with van der Waals surface area (Å²) in [5.41, 5.74) is -0.0169. The van der Waals surface area contributed by atoms with E-state index in [1.54, 1.807) is 12.1 Å². The van der Waals surface area contributed by atoms with Crippen molar-refractivity contribution >= 4 is 5.91 Å². The van der Waals surface area contributed by atoms with Crippen LogP contribution in [0.25, 0.3) is 0 Å². The molecule has 0 aliphatic rings. The van der Waals surface area contributed by atoms with E-state index in [0.717, 1.165) is 12.8 Å². The molecular weight excluding hydrogens is 218 g/mol. The molecule has 4 heteroatoms. The highest BCUT2D eigenvalue weighted by atomic mass is 16.3. The molecule has 0 unspecified atom stereocenters. The Morgan fingerprint density at radius 3 is 2.65 bits per heavy atom. The maximum Gasteiger partial charge on any atom is 0.286 e. The summed E-state index contributed by atoms with van der Waals surface area (Å²) in [6, 6.07) is 3.33. The molecule has 0 saturated heterocycles. The summed E-state index contributed by atoms with van der Waals surface area (Å²) in [6.07, 6.45) is 4.05. The minimum Gasteiger partial charge on any atom is -0.459 e. The summed E-state index contributed by atoms with van der Waals surface area (Å²) in [5, 5.41) is 12.0. The van der Waals surface area contributed by atoms with Crippen molar-refractivity contribution in [3.63, 3.8) is 0 Å². The predicted molar refractivity (Wildman–Crippen MR) is 65.8 cm³/mol. The quantitative estimate of drug-likeness (QED) is 0.766. The average Bonchev–Trinajstić information content (AvgIpc) is 2.88. The molecule has 2 N–H and O–H groups in total. The van der Waals surface area contributed by atoms with Gasteiger partial charge in [-0.3, -0.25) is 4.79 Å². The van der Waals surface area contributed by atoms with Crippen molar-refractivity contribution in [2.75, 3.05) is 13.2 Å². The second-order valence-corrected chi connectivity index (χ2v) is 4.34. The fraction of sp³-hybridized carbons (Fsp3) is 0.615. The minimum absolute atomic E-state index is 0.0169. The lowest BCUT2D eigenvalue weighted by Crippen LogP contribution is -2.37. The van der Waals surface area contributed by atoms with Crippen molar-refractivity contribution in [2.24, 2.45) is 5.41 Å². The van der Waals surface area contributed by atoms with Gasteiger partial charge in [0.15, 0.2) is 5.76 Å². The van der Waals surface area contributed by atoms with E-state index in [4.69, 9.17) is 9.52 Å². The van der Waals surface area contributed by atoms with Crippen LogP contribution in [0.5, 0.6) is 0 Å². The number of furan rings is 1. The molecule has 0 aromatic carbocycles. The van der Waals surface area contributed by atoms with E-state index in [1.165, 1.54) is 6.26 Å². The topological polar surface area (TPSA) is 62.5 Å². The van der Waals surface area contributed by atoms with Crippen LogP contribution in [-0.2, 0) is 0 Å². The Balaban J connectivity index is 2.55. The van der Waals surface area contributed by atoms with Gasteiger partial charge in [0.2, 0.25) is 0 Å². The molecule has 1 rings (SSSR count). The summed E-state index contributed by atoms with van der Waals surface area (Å²) in [5.74, 6) is 0.134. The molecule has 0 radical (unpaired) electrons. The van der Waals surface area contributed by atoms with E-state index >= 15 is 0 Å². The normalized spacial score (nSPS) is 11.5. The SMILES string of the molecule is CCC(CC)(CCO)CNC(=O)c1ccco1. The van der Waals surface area contributed by atoms with Crippen molar-refractivity contribution in [1.82, 2.24) is 5.32 Å². The number of amides is 1. The Bertz CT molecular complexity index is 328. The number of hydrogen-bond donors (Lipinski definition) is 2. The fourth-order valence-corrected chi connectivity index (χ4v) is 1.94. The Morgan fingerprint density at radius 1 is 1.47 bits per heavy atom. The van der Waals surface area contributed by atoms with Crippen molar-refractivity contribution in [2.45, 2.75) is 33.1 Å². The van der Waals surface area contributed by atoms with E-state index in [0.29, 0.717) is 18.7 Å². The van der Waals surface area contributed by atoms with Crippen LogP contribution in [0.2, 0.25) is 0 Å². The number of rotatable bonds is 7. The molecule has 4 nitrogen and oxygen atoms in total. The molecule has 0 aliphatic carbocycles. The highest BCUT2D eigenvalue weighted by molar-refractivity contribution is 5.91. The monoisotopic (exact) mass is 239 g/mol. The van der Waals surface area contributed by atoms with Gasteiger partial charge in [-0.25, -0.2) is 0 Å². The third-order valence-corrected chi connectivity index (χ3v) is 3.51. The Hall–Kier alpha value is -1.29. The average molecular weight is 239 g/mol. The fourth-order valence-electron chi connectivity index (χ4n) is 1.94. The van der Waals surface area contributed by atoms with Gasteiger partial charge in [-0.05, 0) is 36.8 Å². The van der Waals surface area contributed by atoms with Gasteiger partial charge < -0.3 is 14.8 Å². The van der Waals surface area contributed by atoms with Crippen LogP contribution in [0.15, 0.2) is 22.8 Å². The highest BCUT2D eigenvalue weighted by Crippen LogP contribution is 2.29. The molecule has 1 amide bonds. The van der Waals surface area contributed by atoms with Crippen LogP contribution < -0.4 is 5.32 Å². The standard InChI is InChI=1S/C13H21NO3/c1-3-13(4-2,7-8-15)10-14-12(16)11-6-5-9-17-11/h5-6,9,15H,3-4,7-8,10H2,1-2H3,(H,14,16). The van der Waals surface area contributed by atoms with E-state index in [9.17, 15) is 4.79 Å². The van der Waals surface area contributed by atoms with Gasteiger partial charge in [0.25, 0.3) is 5.91 Å². The highest BCUT2D eigenvalue weighted by Gasteiger charge is 2.26. The van der Waals surface area contributed by atoms with E-state index in [2.05, 4.69) is 19.2 Å². The molecule has 0 aliphatic heterocycles. The first-order valence-corrected chi connectivity index (χ1v) is 6.10. The molecule has 0 spiro atoms. The molecular formula is C13H21NO3. The van der Waals surface area contributed by atoms with E-state index in [1.807, 2.05) is 0 Å². The van der Waals surface area contributed by atoms with E-state index in [-0.39, 0.29) is 17.9 Å². The second kappa shape index (κ2) is 6.45. The minimum atomic E-state index is -0.195. The second-order valence-electron chi connectivity index (χ2n) is 4.34. The van der Waals surface area contributed by atoms with Crippen molar-refractivity contribution in [3.05, 3.63) is 24.2 Å². The van der Waals surface area contributed by atoms with Crippen LogP contribution >= 0.6 is 0 Å². The van der Waals surface area contributed by atoms with Crippen LogP contribution in [-0.4, -0.2) is 24.2 Å². The van der Waals surface area contributed by atoms with Gasteiger partial charge >= 0.3 is 0 Å². The summed E-state index contributed by atoms with van der Waals surface area (Å²) >= 11 is 0. The lowest BCUT2D eigenvalue weighted by molar-refractivity contribution is 0.0880. The summed E-state index contributed by atoms with van der Waals surface area (Å²) in [6.45, 7) is 4.88. The third kappa shape index (κ3) is 3.60. The number of hydrogen-bond acceptors (Lipinski definition) is 3. The predicted octanol–water partition coefficient (Wildman–Crippen LogP) is 2.20. The van der Waals surface area contributed by atoms with Gasteiger partial charge in [0.1, 0.15) is 0 Å². The van der Waals surface area contributed by atoms with Crippen LogP contribution in [0.1, 0.15) is 43.7 Å². The van der Waals surface area contributed by atoms with Crippen molar-refractivity contribution < 1.29 is 14.3 Å². The molecule has 1 heterocycles. The molecule has 0 fully saturated rings. The zero-order chi connectivity index (χ0) is 12.7. The van der Waals surface area contributed by atoms with Gasteiger partial charge in [-0.2, -0.15) is 0 Å². The maximum atomic E-state index is 11.7. The summed E-state index contributed by atoms with van der Waals surface area (Å²) in [4.78, 5) is 11.7. The van der Waals surface area contributed by atoms with Crippen LogP contribution in [0, 0.1) is 5.41 Å². The lowest BCUT2D eigenvalue weighted by atomic mass is 9.79. The molecule has 0 bridgehead atoms. The van der Waals surface area contributed by atoms with Gasteiger partial charge in [0, 0.05) is 13.2 Å².